The molecular weight excluding hydrogens is 370 g/mol. The van der Waals surface area contributed by atoms with E-state index in [0.717, 1.165) is 30.8 Å². The maximum Gasteiger partial charge on any atom is 0.256 e. The molecule has 8 heteroatoms. The maximum absolute atomic E-state index is 12.7. The van der Waals surface area contributed by atoms with Crippen LogP contribution in [0.1, 0.15) is 42.6 Å². The van der Waals surface area contributed by atoms with E-state index in [-0.39, 0.29) is 12.0 Å². The van der Waals surface area contributed by atoms with Gasteiger partial charge in [0.15, 0.2) is 5.65 Å². The van der Waals surface area contributed by atoms with Gasteiger partial charge in [0.2, 0.25) is 0 Å². The van der Waals surface area contributed by atoms with E-state index in [1.54, 1.807) is 61.0 Å². The maximum atomic E-state index is 12.7. The summed E-state index contributed by atoms with van der Waals surface area (Å²) in [5.41, 5.74) is 0.870. The summed E-state index contributed by atoms with van der Waals surface area (Å²) in [5, 5.41) is 27.3. The molecule has 1 saturated heterocycles. The van der Waals surface area contributed by atoms with Crippen LogP contribution in [0.15, 0.2) is 42.6 Å². The summed E-state index contributed by atoms with van der Waals surface area (Å²) in [5.74, 6) is 0.921. The monoisotopic (exact) mass is 395 g/mol. The topological polar surface area (TPSA) is 103 Å². The van der Waals surface area contributed by atoms with E-state index in [2.05, 4.69) is 20.3 Å². The third kappa shape index (κ3) is 4.08. The number of benzene rings is 1. The third-order valence-corrected chi connectivity index (χ3v) is 5.16. The van der Waals surface area contributed by atoms with Gasteiger partial charge in [0.1, 0.15) is 11.6 Å². The standard InChI is InChI=1S/C21H25N5O3/c1-21(2,29)15-7-5-14(6-8-15)20(28)24-17-12-19(25-11-3-4-16(27)13-25)26-18(23-17)9-10-22-26/h5-10,12,16,27,29H,3-4,11,13H2,1-2H3,(H,23,24,28)/t16-/m1/s1. The lowest BCUT2D eigenvalue weighted by Gasteiger charge is -2.32. The number of rotatable bonds is 4. The molecule has 1 aliphatic heterocycles. The van der Waals surface area contributed by atoms with Crippen molar-refractivity contribution in [2.75, 3.05) is 23.3 Å². The summed E-state index contributed by atoms with van der Waals surface area (Å²) in [6.45, 7) is 4.73. The number of carbonyl (C=O) groups excluding carboxylic acids is 1. The fourth-order valence-corrected chi connectivity index (χ4v) is 3.57. The van der Waals surface area contributed by atoms with Crippen molar-refractivity contribution in [1.29, 1.82) is 0 Å². The second-order valence-corrected chi connectivity index (χ2v) is 7.93. The fraction of sp³-hybridized carbons (Fsp3) is 0.381. The SMILES string of the molecule is CC(C)(O)c1ccc(C(=O)Nc2cc(N3CCC[C@@H](O)C3)n3nccc3n2)cc1. The molecule has 0 radical (unpaired) electrons. The van der Waals surface area contributed by atoms with Crippen molar-refractivity contribution < 1.29 is 15.0 Å². The van der Waals surface area contributed by atoms with Gasteiger partial charge in [-0.2, -0.15) is 9.61 Å². The Morgan fingerprint density at radius 2 is 2.00 bits per heavy atom. The van der Waals surface area contributed by atoms with E-state index in [4.69, 9.17) is 0 Å². The smallest absolute Gasteiger partial charge is 0.256 e. The predicted molar refractivity (Wildman–Crippen MR) is 110 cm³/mol. The van der Waals surface area contributed by atoms with Crippen LogP contribution in [-0.4, -0.2) is 49.9 Å². The van der Waals surface area contributed by atoms with Crippen LogP contribution in [0.25, 0.3) is 5.65 Å². The van der Waals surface area contributed by atoms with Crippen LogP contribution in [0.3, 0.4) is 0 Å². The quantitative estimate of drug-likeness (QED) is 0.626. The van der Waals surface area contributed by atoms with E-state index in [1.807, 2.05) is 0 Å². The Kier molecular flexibility index (Phi) is 4.97. The van der Waals surface area contributed by atoms with Crippen LogP contribution in [0.5, 0.6) is 0 Å². The van der Waals surface area contributed by atoms with Gasteiger partial charge in [0, 0.05) is 30.8 Å². The van der Waals surface area contributed by atoms with E-state index < -0.39 is 5.60 Å². The highest BCUT2D eigenvalue weighted by Gasteiger charge is 2.22. The van der Waals surface area contributed by atoms with Gasteiger partial charge in [0.25, 0.3) is 5.91 Å². The zero-order chi connectivity index (χ0) is 20.6. The Morgan fingerprint density at radius 1 is 1.24 bits per heavy atom. The van der Waals surface area contributed by atoms with Crippen molar-refractivity contribution in [1.82, 2.24) is 14.6 Å². The number of aromatic nitrogens is 3. The van der Waals surface area contributed by atoms with E-state index in [0.29, 0.717) is 23.6 Å². The Bertz CT molecular complexity index is 1020. The molecule has 3 heterocycles. The Balaban J connectivity index is 1.60. The lowest BCUT2D eigenvalue weighted by Crippen LogP contribution is -2.39. The molecule has 0 saturated carbocycles. The number of aliphatic hydroxyl groups excluding tert-OH is 1. The van der Waals surface area contributed by atoms with Crippen molar-refractivity contribution >= 4 is 23.2 Å². The highest BCUT2D eigenvalue weighted by atomic mass is 16.3. The van der Waals surface area contributed by atoms with Crippen molar-refractivity contribution in [3.8, 4) is 0 Å². The summed E-state index contributed by atoms with van der Waals surface area (Å²) in [7, 11) is 0. The van der Waals surface area contributed by atoms with Gasteiger partial charge in [-0.3, -0.25) is 4.79 Å². The molecule has 1 atom stereocenters. The number of hydrogen-bond acceptors (Lipinski definition) is 6. The molecule has 0 bridgehead atoms. The van der Waals surface area contributed by atoms with Crippen molar-refractivity contribution in [3.63, 3.8) is 0 Å². The van der Waals surface area contributed by atoms with Crippen LogP contribution in [0.2, 0.25) is 0 Å². The summed E-state index contributed by atoms with van der Waals surface area (Å²) < 4.78 is 1.71. The number of piperidine rings is 1. The van der Waals surface area contributed by atoms with Crippen LogP contribution in [0, 0.1) is 0 Å². The molecule has 3 N–H and O–H groups in total. The van der Waals surface area contributed by atoms with Gasteiger partial charge < -0.3 is 20.4 Å². The zero-order valence-corrected chi connectivity index (χ0v) is 16.5. The highest BCUT2D eigenvalue weighted by Crippen LogP contribution is 2.24. The number of fused-ring (bicyclic) bond motifs is 1. The third-order valence-electron chi connectivity index (χ3n) is 5.16. The Morgan fingerprint density at radius 3 is 2.69 bits per heavy atom. The molecule has 0 unspecified atom stereocenters. The van der Waals surface area contributed by atoms with Crippen molar-refractivity contribution in [2.24, 2.45) is 0 Å². The van der Waals surface area contributed by atoms with Gasteiger partial charge in [-0.1, -0.05) is 12.1 Å². The zero-order valence-electron chi connectivity index (χ0n) is 16.5. The minimum atomic E-state index is -0.961. The molecule has 0 aliphatic carbocycles. The van der Waals surface area contributed by atoms with E-state index in [1.165, 1.54) is 0 Å². The van der Waals surface area contributed by atoms with Gasteiger partial charge in [-0.15, -0.1) is 0 Å². The van der Waals surface area contributed by atoms with Crippen LogP contribution < -0.4 is 10.2 Å². The molecule has 2 aromatic heterocycles. The van der Waals surface area contributed by atoms with E-state index in [9.17, 15) is 15.0 Å². The second-order valence-electron chi connectivity index (χ2n) is 7.93. The van der Waals surface area contributed by atoms with Crippen molar-refractivity contribution in [3.05, 3.63) is 53.7 Å². The number of hydrogen-bond donors (Lipinski definition) is 3. The molecule has 29 heavy (non-hydrogen) atoms. The molecule has 1 aromatic carbocycles. The first-order valence-electron chi connectivity index (χ1n) is 9.73. The van der Waals surface area contributed by atoms with Crippen LogP contribution in [-0.2, 0) is 5.60 Å². The summed E-state index contributed by atoms with van der Waals surface area (Å²) in [6.07, 6.45) is 2.96. The van der Waals surface area contributed by atoms with Crippen molar-refractivity contribution in [2.45, 2.75) is 38.4 Å². The molecule has 3 aromatic rings. The summed E-state index contributed by atoms with van der Waals surface area (Å²) in [6, 6.07) is 10.4. The number of aliphatic hydroxyl groups is 2. The number of nitrogens with zero attached hydrogens (tertiary/aromatic N) is 4. The second kappa shape index (κ2) is 7.46. The van der Waals surface area contributed by atoms with Gasteiger partial charge in [0.05, 0.1) is 17.9 Å². The molecule has 1 amide bonds. The molecular formula is C21H25N5O3. The predicted octanol–water partition coefficient (Wildman–Crippen LogP) is 2.17. The molecule has 1 fully saturated rings. The number of amides is 1. The average molecular weight is 395 g/mol. The Hall–Kier alpha value is -2.97. The minimum absolute atomic E-state index is 0.284. The molecule has 1 aliphatic rings. The highest BCUT2D eigenvalue weighted by molar-refractivity contribution is 6.04. The number of β-amino-alcohol motifs (C(OH)–C–C–N with tert-alkyl or cyclic N) is 1. The number of carbonyl (C=O) groups is 1. The molecule has 0 spiro atoms. The molecule has 4 rings (SSSR count). The Labute approximate surface area is 168 Å². The average Bonchev–Trinajstić information content (AvgIpc) is 3.15. The van der Waals surface area contributed by atoms with Gasteiger partial charge in [-0.05, 0) is 44.4 Å². The first kappa shape index (κ1) is 19.4. The minimum Gasteiger partial charge on any atom is -0.391 e. The fourth-order valence-electron chi connectivity index (χ4n) is 3.57. The van der Waals surface area contributed by atoms with Crippen LogP contribution >= 0.6 is 0 Å². The number of nitrogens with one attached hydrogen (secondary N) is 1. The first-order valence-corrected chi connectivity index (χ1v) is 9.73. The van der Waals surface area contributed by atoms with Gasteiger partial charge in [-0.25, -0.2) is 4.98 Å². The number of anilines is 2. The molecule has 8 nitrogen and oxygen atoms in total. The van der Waals surface area contributed by atoms with E-state index >= 15 is 0 Å². The summed E-state index contributed by atoms with van der Waals surface area (Å²) in [4.78, 5) is 19.2. The normalized spacial score (nSPS) is 17.5. The lowest BCUT2D eigenvalue weighted by atomic mass is 9.97. The van der Waals surface area contributed by atoms with Crippen LogP contribution in [0.4, 0.5) is 11.6 Å². The summed E-state index contributed by atoms with van der Waals surface area (Å²) >= 11 is 0. The lowest BCUT2D eigenvalue weighted by molar-refractivity contribution is 0.0785. The first-order chi connectivity index (χ1) is 13.8. The largest absolute Gasteiger partial charge is 0.391 e. The van der Waals surface area contributed by atoms with Gasteiger partial charge >= 0.3 is 0 Å². The molecule has 152 valence electrons.